The van der Waals surface area contributed by atoms with Gasteiger partial charge in [-0.1, -0.05) is 20.8 Å². The molecule has 1 aromatic rings. The molecule has 1 aromatic heterocycles. The maximum Gasteiger partial charge on any atom is 0.322 e. The average molecular weight is 348 g/mol. The lowest BCUT2D eigenvalue weighted by Gasteiger charge is -2.44. The predicted molar refractivity (Wildman–Crippen MR) is 94.6 cm³/mol. The third kappa shape index (κ3) is 3.77. The number of aromatic nitrogens is 2. The van der Waals surface area contributed by atoms with E-state index in [-0.39, 0.29) is 23.7 Å². The molecule has 0 aromatic carbocycles. The third-order valence-electron chi connectivity index (χ3n) is 4.87. The molecule has 2 saturated heterocycles. The van der Waals surface area contributed by atoms with Crippen LogP contribution in [0.25, 0.3) is 0 Å². The quantitative estimate of drug-likeness (QED) is 0.844. The zero-order valence-electron chi connectivity index (χ0n) is 15.7. The molecule has 3 heterocycles. The molecular formula is C18H28N4O3. The van der Waals surface area contributed by atoms with Gasteiger partial charge in [0.15, 0.2) is 0 Å². The second-order valence-electron chi connectivity index (χ2n) is 8.11. The fourth-order valence-electron chi connectivity index (χ4n) is 3.44. The Morgan fingerprint density at radius 2 is 2.00 bits per heavy atom. The highest BCUT2D eigenvalue weighted by Gasteiger charge is 2.48. The number of nitrogens with zero attached hydrogens (tertiary/aromatic N) is 3. The maximum absolute atomic E-state index is 12.7. The minimum absolute atomic E-state index is 0.0139. The number of rotatable bonds is 1. The van der Waals surface area contributed by atoms with Gasteiger partial charge in [0.05, 0.1) is 36.8 Å². The van der Waals surface area contributed by atoms with Crippen LogP contribution in [0.4, 0.5) is 10.5 Å². The minimum Gasteiger partial charge on any atom is -0.375 e. The summed E-state index contributed by atoms with van der Waals surface area (Å²) in [5.41, 5.74) is 0.0799. The van der Waals surface area contributed by atoms with E-state index in [4.69, 9.17) is 9.47 Å². The average Bonchev–Trinajstić information content (AvgIpc) is 2.86. The molecule has 0 aliphatic carbocycles. The highest BCUT2D eigenvalue weighted by molar-refractivity contribution is 5.89. The van der Waals surface area contributed by atoms with Crippen LogP contribution in [0.15, 0.2) is 12.4 Å². The molecule has 7 nitrogen and oxygen atoms in total. The molecule has 7 heteroatoms. The van der Waals surface area contributed by atoms with E-state index < -0.39 is 5.60 Å². The van der Waals surface area contributed by atoms with E-state index in [2.05, 4.69) is 36.1 Å². The van der Waals surface area contributed by atoms with Gasteiger partial charge < -0.3 is 19.7 Å². The van der Waals surface area contributed by atoms with Gasteiger partial charge in [0, 0.05) is 25.0 Å². The van der Waals surface area contributed by atoms with Gasteiger partial charge in [0.25, 0.3) is 0 Å². The fraction of sp³-hybridized carbons (Fsp3) is 0.722. The Morgan fingerprint density at radius 1 is 1.32 bits per heavy atom. The molecule has 138 valence electrons. The molecule has 1 spiro atoms. The van der Waals surface area contributed by atoms with Gasteiger partial charge in [-0.15, -0.1) is 0 Å². The van der Waals surface area contributed by atoms with E-state index in [0.717, 1.165) is 12.2 Å². The fourth-order valence-corrected chi connectivity index (χ4v) is 3.44. The molecule has 3 rings (SSSR count). The van der Waals surface area contributed by atoms with Crippen molar-refractivity contribution >= 4 is 11.7 Å². The molecule has 0 radical (unpaired) electrons. The lowest BCUT2D eigenvalue weighted by molar-refractivity contribution is -0.159. The van der Waals surface area contributed by atoms with Crippen molar-refractivity contribution in [2.75, 3.05) is 25.0 Å². The summed E-state index contributed by atoms with van der Waals surface area (Å²) in [6, 6.07) is -0.152. The van der Waals surface area contributed by atoms with Crippen LogP contribution in [0.1, 0.15) is 46.9 Å². The number of carbonyl (C=O) groups is 1. The zero-order chi connectivity index (χ0) is 18.2. The molecule has 0 saturated carbocycles. The van der Waals surface area contributed by atoms with Crippen LogP contribution >= 0.6 is 0 Å². The standard InChI is InChI=1S/C18H28N4O3/c1-12-10-22(11-18(25-12)6-7-24-13(18)2)16(23)21-14-8-19-15(20-9-14)17(3,4)5/h8-9,12-13H,6-7,10-11H2,1-5H3,(H,21,23)/t12-,13+,18-/m1/s1. The first-order chi connectivity index (χ1) is 11.7. The minimum atomic E-state index is -0.401. The highest BCUT2D eigenvalue weighted by Crippen LogP contribution is 2.35. The van der Waals surface area contributed by atoms with Gasteiger partial charge in [-0.05, 0) is 13.8 Å². The van der Waals surface area contributed by atoms with E-state index >= 15 is 0 Å². The molecule has 2 aliphatic rings. The van der Waals surface area contributed by atoms with Crippen molar-refractivity contribution in [1.82, 2.24) is 14.9 Å². The Kier molecular flexibility index (Phi) is 4.72. The summed E-state index contributed by atoms with van der Waals surface area (Å²) in [5.74, 6) is 0.751. The Labute approximate surface area is 149 Å². The second-order valence-corrected chi connectivity index (χ2v) is 8.11. The van der Waals surface area contributed by atoms with Crippen molar-refractivity contribution < 1.29 is 14.3 Å². The Morgan fingerprint density at radius 3 is 2.56 bits per heavy atom. The monoisotopic (exact) mass is 348 g/mol. The van der Waals surface area contributed by atoms with Crippen molar-refractivity contribution in [3.63, 3.8) is 0 Å². The first kappa shape index (κ1) is 18.1. The summed E-state index contributed by atoms with van der Waals surface area (Å²) in [6.07, 6.45) is 4.09. The highest BCUT2D eigenvalue weighted by atomic mass is 16.6. The lowest BCUT2D eigenvalue weighted by Crippen LogP contribution is -2.60. The van der Waals surface area contributed by atoms with Crippen LogP contribution in [-0.4, -0.2) is 58.4 Å². The van der Waals surface area contributed by atoms with Crippen molar-refractivity contribution in [3.8, 4) is 0 Å². The third-order valence-corrected chi connectivity index (χ3v) is 4.87. The topological polar surface area (TPSA) is 76.6 Å². The number of urea groups is 1. The summed E-state index contributed by atoms with van der Waals surface area (Å²) in [6.45, 7) is 11.9. The Balaban J connectivity index is 1.68. The smallest absolute Gasteiger partial charge is 0.322 e. The predicted octanol–water partition coefficient (Wildman–Crippen LogP) is 2.57. The van der Waals surface area contributed by atoms with E-state index in [1.165, 1.54) is 0 Å². The van der Waals surface area contributed by atoms with Crippen LogP contribution in [0, 0.1) is 0 Å². The first-order valence-electron chi connectivity index (χ1n) is 8.87. The lowest BCUT2D eigenvalue weighted by atomic mass is 9.93. The number of nitrogens with one attached hydrogen (secondary N) is 1. The molecule has 1 N–H and O–H groups in total. The zero-order valence-corrected chi connectivity index (χ0v) is 15.7. The van der Waals surface area contributed by atoms with Crippen molar-refractivity contribution in [2.24, 2.45) is 0 Å². The SMILES string of the molecule is C[C@@H]1CN(C(=O)Nc2cnc(C(C)(C)C)nc2)C[C@@]2(CCO[C@H]2C)O1. The normalized spacial score (nSPS) is 29.9. The summed E-state index contributed by atoms with van der Waals surface area (Å²) in [7, 11) is 0. The number of amides is 2. The summed E-state index contributed by atoms with van der Waals surface area (Å²) in [4.78, 5) is 23.2. The molecule has 3 atom stereocenters. The van der Waals surface area contributed by atoms with Crippen molar-refractivity contribution in [1.29, 1.82) is 0 Å². The van der Waals surface area contributed by atoms with Gasteiger partial charge in [-0.3, -0.25) is 0 Å². The number of anilines is 1. The summed E-state index contributed by atoms with van der Waals surface area (Å²) in [5, 5.41) is 2.90. The molecular weight excluding hydrogens is 320 g/mol. The van der Waals surface area contributed by atoms with Crippen molar-refractivity contribution in [2.45, 2.75) is 64.3 Å². The Hall–Kier alpha value is -1.73. The number of hydrogen-bond donors (Lipinski definition) is 1. The summed E-state index contributed by atoms with van der Waals surface area (Å²) >= 11 is 0. The van der Waals surface area contributed by atoms with Crippen molar-refractivity contribution in [3.05, 3.63) is 18.2 Å². The number of hydrogen-bond acceptors (Lipinski definition) is 5. The molecule has 2 amide bonds. The van der Waals surface area contributed by atoms with E-state index in [1.807, 2.05) is 13.8 Å². The van der Waals surface area contributed by atoms with Crippen LogP contribution < -0.4 is 5.32 Å². The molecule has 2 fully saturated rings. The van der Waals surface area contributed by atoms with Crippen LogP contribution in [0.3, 0.4) is 0 Å². The maximum atomic E-state index is 12.7. The van der Waals surface area contributed by atoms with Crippen LogP contribution in [0.2, 0.25) is 0 Å². The van der Waals surface area contributed by atoms with E-state index in [0.29, 0.717) is 25.4 Å². The van der Waals surface area contributed by atoms with E-state index in [1.54, 1.807) is 17.3 Å². The van der Waals surface area contributed by atoms with Gasteiger partial charge in [0.1, 0.15) is 11.4 Å². The molecule has 2 aliphatic heterocycles. The number of ether oxygens (including phenoxy) is 2. The number of morpholine rings is 1. The molecule has 0 unspecified atom stereocenters. The first-order valence-corrected chi connectivity index (χ1v) is 8.87. The van der Waals surface area contributed by atoms with E-state index in [9.17, 15) is 4.79 Å². The molecule has 0 bridgehead atoms. The van der Waals surface area contributed by atoms with Gasteiger partial charge in [0.2, 0.25) is 0 Å². The largest absolute Gasteiger partial charge is 0.375 e. The van der Waals surface area contributed by atoms with Crippen LogP contribution in [-0.2, 0) is 14.9 Å². The van der Waals surface area contributed by atoms with Gasteiger partial charge in [-0.25, -0.2) is 14.8 Å². The van der Waals surface area contributed by atoms with Gasteiger partial charge in [-0.2, -0.15) is 0 Å². The summed E-state index contributed by atoms with van der Waals surface area (Å²) < 4.78 is 11.8. The van der Waals surface area contributed by atoms with Gasteiger partial charge >= 0.3 is 6.03 Å². The van der Waals surface area contributed by atoms with Crippen LogP contribution in [0.5, 0.6) is 0 Å². The molecule has 25 heavy (non-hydrogen) atoms. The Bertz CT molecular complexity index is 628. The number of carbonyl (C=O) groups excluding carboxylic acids is 1. The second kappa shape index (κ2) is 6.53.